The van der Waals surface area contributed by atoms with Crippen molar-refractivity contribution in [3.05, 3.63) is 28.8 Å². The third-order valence-corrected chi connectivity index (χ3v) is 5.90. The third kappa shape index (κ3) is 5.11. The van der Waals surface area contributed by atoms with Crippen molar-refractivity contribution in [3.63, 3.8) is 0 Å². The fourth-order valence-corrected chi connectivity index (χ4v) is 4.42. The molecule has 1 saturated carbocycles. The molecule has 0 radical (unpaired) electrons. The zero-order chi connectivity index (χ0) is 20.3. The molecule has 1 amide bonds. The van der Waals surface area contributed by atoms with Crippen LogP contribution in [0.3, 0.4) is 0 Å². The number of carbonyl (C=O) groups is 1. The van der Waals surface area contributed by atoms with E-state index in [4.69, 9.17) is 16.3 Å². The van der Waals surface area contributed by atoms with Crippen LogP contribution in [0.5, 0.6) is 0 Å². The lowest BCUT2D eigenvalue weighted by molar-refractivity contribution is 0.0292. The summed E-state index contributed by atoms with van der Waals surface area (Å²) < 4.78 is 5.55. The Morgan fingerprint density at radius 3 is 2.64 bits per heavy atom. The predicted molar refractivity (Wildman–Crippen MR) is 112 cm³/mol. The molecular formula is C22H30ClN3O2. The number of halogens is 1. The van der Waals surface area contributed by atoms with E-state index in [0.29, 0.717) is 29.6 Å². The Bertz CT molecular complexity index is 747. The zero-order valence-electron chi connectivity index (χ0n) is 17.1. The Labute approximate surface area is 173 Å². The molecule has 1 aliphatic heterocycles. The van der Waals surface area contributed by atoms with E-state index in [1.165, 1.54) is 25.7 Å². The standard InChI is InChI=1S/C22H30ClN3O2/c1-22(2,3)28-21(27)25-11-10-19(15-25)26(14-16-6-4-5-7-16)18-9-8-17(13-24)20(23)12-18/h8-9,12,16,19H,4-7,10-11,14-15H2,1-3H3/t19-/m0/s1. The number of carbonyl (C=O) groups excluding carboxylic acids is 1. The van der Waals surface area contributed by atoms with Crippen molar-refractivity contribution in [2.45, 2.75) is 64.5 Å². The van der Waals surface area contributed by atoms with Gasteiger partial charge < -0.3 is 14.5 Å². The molecule has 152 valence electrons. The maximum atomic E-state index is 12.5. The summed E-state index contributed by atoms with van der Waals surface area (Å²) in [5.41, 5.74) is 1.04. The summed E-state index contributed by atoms with van der Waals surface area (Å²) in [6.07, 6.45) is 5.76. The van der Waals surface area contributed by atoms with E-state index in [1.807, 2.05) is 37.8 Å². The normalized spacial score (nSPS) is 20.2. The summed E-state index contributed by atoms with van der Waals surface area (Å²) in [7, 11) is 0. The zero-order valence-corrected chi connectivity index (χ0v) is 17.8. The fourth-order valence-electron chi connectivity index (χ4n) is 4.20. The number of hydrogen-bond donors (Lipinski definition) is 0. The van der Waals surface area contributed by atoms with Gasteiger partial charge in [0.05, 0.1) is 10.6 Å². The number of hydrogen-bond acceptors (Lipinski definition) is 4. The van der Waals surface area contributed by atoms with E-state index in [-0.39, 0.29) is 12.1 Å². The number of ether oxygens (including phenoxy) is 1. The number of benzene rings is 1. The molecule has 2 fully saturated rings. The first-order valence-electron chi connectivity index (χ1n) is 10.2. The average Bonchev–Trinajstić information content (AvgIpc) is 3.30. The fraction of sp³-hybridized carbons (Fsp3) is 0.636. The molecule has 28 heavy (non-hydrogen) atoms. The van der Waals surface area contributed by atoms with Crippen LogP contribution in [0.15, 0.2) is 18.2 Å². The lowest BCUT2D eigenvalue weighted by Gasteiger charge is -2.34. The van der Waals surface area contributed by atoms with E-state index >= 15 is 0 Å². The molecule has 0 unspecified atom stereocenters. The first kappa shape index (κ1) is 20.8. The monoisotopic (exact) mass is 403 g/mol. The summed E-state index contributed by atoms with van der Waals surface area (Å²) >= 11 is 6.31. The van der Waals surface area contributed by atoms with Gasteiger partial charge in [-0.2, -0.15) is 5.26 Å². The van der Waals surface area contributed by atoms with Crippen LogP contribution in [-0.4, -0.2) is 42.3 Å². The number of amides is 1. The van der Waals surface area contributed by atoms with Crippen molar-refractivity contribution in [1.29, 1.82) is 5.26 Å². The van der Waals surface area contributed by atoms with E-state index in [1.54, 1.807) is 6.07 Å². The molecule has 0 aromatic heterocycles. The summed E-state index contributed by atoms with van der Waals surface area (Å²) in [5.74, 6) is 0.671. The molecule has 1 aromatic rings. The van der Waals surface area contributed by atoms with Gasteiger partial charge in [0.25, 0.3) is 0 Å². The molecule has 5 nitrogen and oxygen atoms in total. The summed E-state index contributed by atoms with van der Waals surface area (Å²) in [4.78, 5) is 16.7. The Balaban J connectivity index is 1.77. The van der Waals surface area contributed by atoms with Crippen molar-refractivity contribution in [3.8, 4) is 6.07 Å². The van der Waals surface area contributed by atoms with Crippen LogP contribution in [0.1, 0.15) is 58.4 Å². The molecule has 0 bridgehead atoms. The van der Waals surface area contributed by atoms with Crippen molar-refractivity contribution < 1.29 is 9.53 Å². The third-order valence-electron chi connectivity index (χ3n) is 5.59. The highest BCUT2D eigenvalue weighted by Gasteiger charge is 2.34. The van der Waals surface area contributed by atoms with Gasteiger partial charge in [-0.05, 0) is 64.2 Å². The molecule has 0 N–H and O–H groups in total. The SMILES string of the molecule is CC(C)(C)OC(=O)N1CC[C@H](N(CC2CCCC2)c2ccc(C#N)c(Cl)c2)C1. The summed E-state index contributed by atoms with van der Waals surface area (Å²) in [6, 6.07) is 8.03. The van der Waals surface area contributed by atoms with Crippen molar-refractivity contribution in [1.82, 2.24) is 4.90 Å². The molecular weight excluding hydrogens is 374 g/mol. The highest BCUT2D eigenvalue weighted by atomic mass is 35.5. The van der Waals surface area contributed by atoms with E-state index in [2.05, 4.69) is 11.0 Å². The number of anilines is 1. The van der Waals surface area contributed by atoms with Gasteiger partial charge >= 0.3 is 6.09 Å². The second-order valence-corrected chi connectivity index (χ2v) is 9.35. The van der Waals surface area contributed by atoms with Gasteiger partial charge in [-0.25, -0.2) is 4.79 Å². The molecule has 1 aliphatic carbocycles. The summed E-state index contributed by atoms with van der Waals surface area (Å²) in [6.45, 7) is 8.00. The van der Waals surface area contributed by atoms with Crippen LogP contribution in [0.2, 0.25) is 5.02 Å². The number of likely N-dealkylation sites (tertiary alicyclic amines) is 1. The van der Waals surface area contributed by atoms with Gasteiger partial charge in [0.1, 0.15) is 11.7 Å². The Morgan fingerprint density at radius 1 is 1.32 bits per heavy atom. The Hall–Kier alpha value is -1.93. The lowest BCUT2D eigenvalue weighted by atomic mass is 10.0. The molecule has 1 atom stereocenters. The summed E-state index contributed by atoms with van der Waals surface area (Å²) in [5, 5.41) is 9.66. The minimum atomic E-state index is -0.487. The van der Waals surface area contributed by atoms with Gasteiger partial charge in [0.15, 0.2) is 0 Å². The van der Waals surface area contributed by atoms with Gasteiger partial charge in [0.2, 0.25) is 0 Å². The molecule has 6 heteroatoms. The minimum absolute atomic E-state index is 0.233. The van der Waals surface area contributed by atoms with Gasteiger partial charge in [-0.3, -0.25) is 0 Å². The predicted octanol–water partition coefficient (Wildman–Crippen LogP) is 5.22. The highest BCUT2D eigenvalue weighted by Crippen LogP contribution is 2.32. The van der Waals surface area contributed by atoms with E-state index in [9.17, 15) is 10.1 Å². The highest BCUT2D eigenvalue weighted by molar-refractivity contribution is 6.32. The van der Waals surface area contributed by atoms with Crippen LogP contribution in [0.4, 0.5) is 10.5 Å². The molecule has 3 rings (SSSR count). The largest absolute Gasteiger partial charge is 0.444 e. The maximum Gasteiger partial charge on any atom is 0.410 e. The van der Waals surface area contributed by atoms with Crippen molar-refractivity contribution in [2.75, 3.05) is 24.5 Å². The smallest absolute Gasteiger partial charge is 0.410 e. The second kappa shape index (κ2) is 8.61. The second-order valence-electron chi connectivity index (χ2n) is 8.95. The van der Waals surface area contributed by atoms with Gasteiger partial charge in [0, 0.05) is 31.4 Å². The van der Waals surface area contributed by atoms with Gasteiger partial charge in [-0.1, -0.05) is 24.4 Å². The Morgan fingerprint density at radius 2 is 2.04 bits per heavy atom. The molecule has 2 aliphatic rings. The first-order valence-corrected chi connectivity index (χ1v) is 10.6. The number of rotatable bonds is 4. The minimum Gasteiger partial charge on any atom is -0.444 e. The number of nitrogens with zero attached hydrogens (tertiary/aromatic N) is 3. The van der Waals surface area contributed by atoms with Crippen LogP contribution in [-0.2, 0) is 4.74 Å². The average molecular weight is 404 g/mol. The van der Waals surface area contributed by atoms with Crippen LogP contribution in [0.25, 0.3) is 0 Å². The molecule has 0 spiro atoms. The topological polar surface area (TPSA) is 56.6 Å². The maximum absolute atomic E-state index is 12.5. The molecule has 1 aromatic carbocycles. The first-order chi connectivity index (χ1) is 13.3. The van der Waals surface area contributed by atoms with Crippen molar-refractivity contribution in [2.24, 2.45) is 5.92 Å². The lowest BCUT2D eigenvalue weighted by Crippen LogP contribution is -2.42. The van der Waals surface area contributed by atoms with Gasteiger partial charge in [-0.15, -0.1) is 0 Å². The Kier molecular flexibility index (Phi) is 6.40. The van der Waals surface area contributed by atoms with Crippen LogP contribution < -0.4 is 4.90 Å². The quantitative estimate of drug-likeness (QED) is 0.691. The van der Waals surface area contributed by atoms with E-state index in [0.717, 1.165) is 18.7 Å². The van der Waals surface area contributed by atoms with Crippen LogP contribution in [0, 0.1) is 17.2 Å². The van der Waals surface area contributed by atoms with Crippen LogP contribution >= 0.6 is 11.6 Å². The van der Waals surface area contributed by atoms with Crippen molar-refractivity contribution >= 4 is 23.4 Å². The number of nitriles is 1. The molecule has 1 saturated heterocycles. The molecule has 1 heterocycles. The van der Waals surface area contributed by atoms with E-state index < -0.39 is 5.60 Å².